The molecule has 0 radical (unpaired) electrons. The van der Waals surface area contributed by atoms with Crippen LogP contribution in [0.5, 0.6) is 0 Å². The molecule has 0 spiro atoms. The molecule has 3 unspecified atom stereocenters. The Kier molecular flexibility index (Phi) is 6.89. The number of anilines is 1. The van der Waals surface area contributed by atoms with E-state index in [4.69, 9.17) is 17.3 Å². The van der Waals surface area contributed by atoms with Crippen LogP contribution in [0.25, 0.3) is 0 Å². The number of hydrogen-bond donors (Lipinski definition) is 2. The van der Waals surface area contributed by atoms with E-state index in [-0.39, 0.29) is 18.0 Å². The molecule has 0 saturated carbocycles. The Morgan fingerprint density at radius 1 is 1.13 bits per heavy atom. The maximum atomic E-state index is 13.1. The molecule has 6 nitrogen and oxygen atoms in total. The van der Waals surface area contributed by atoms with Gasteiger partial charge in [0.25, 0.3) is 5.91 Å². The summed E-state index contributed by atoms with van der Waals surface area (Å²) >= 11 is 4.65. The number of carbonyl (C=O) groups is 1. The molecule has 1 saturated heterocycles. The summed E-state index contributed by atoms with van der Waals surface area (Å²) in [4.78, 5) is 17.1. The van der Waals surface area contributed by atoms with Crippen LogP contribution < -0.4 is 11.1 Å². The van der Waals surface area contributed by atoms with Crippen molar-refractivity contribution < 1.29 is 9.35 Å². The van der Waals surface area contributed by atoms with Crippen LogP contribution in [0.15, 0.2) is 78.0 Å². The minimum atomic E-state index is -1.30. The molecule has 1 aromatic heterocycles. The van der Waals surface area contributed by atoms with E-state index >= 15 is 0 Å². The predicted molar refractivity (Wildman–Crippen MR) is 123 cm³/mol. The first-order valence-electron chi connectivity index (χ1n) is 10.0. The summed E-state index contributed by atoms with van der Waals surface area (Å²) in [7, 11) is 0. The molecule has 1 aliphatic heterocycles. The van der Waals surface area contributed by atoms with Gasteiger partial charge < -0.3 is 15.6 Å². The number of nitrogens with one attached hydrogen (secondary N) is 1. The topological polar surface area (TPSA) is 94.3 Å². The number of rotatable bonds is 6. The molecule has 1 aliphatic rings. The van der Waals surface area contributed by atoms with Crippen LogP contribution >= 0.6 is 11.6 Å². The molecule has 2 aromatic carbocycles. The lowest BCUT2D eigenvalue weighted by Gasteiger charge is -2.29. The van der Waals surface area contributed by atoms with Gasteiger partial charge in [-0.15, -0.1) is 4.31 Å². The van der Waals surface area contributed by atoms with Gasteiger partial charge >= 0.3 is 0 Å². The Balaban J connectivity index is 1.45. The van der Waals surface area contributed by atoms with Crippen molar-refractivity contribution in [3.05, 3.63) is 89.2 Å². The zero-order valence-corrected chi connectivity index (χ0v) is 18.4. The summed E-state index contributed by atoms with van der Waals surface area (Å²) < 4.78 is 15.1. The van der Waals surface area contributed by atoms with Gasteiger partial charge in [0.05, 0.1) is 17.4 Å². The highest BCUT2D eigenvalue weighted by molar-refractivity contribution is 7.89. The van der Waals surface area contributed by atoms with Crippen molar-refractivity contribution in [3.63, 3.8) is 0 Å². The summed E-state index contributed by atoms with van der Waals surface area (Å²) in [5.74, 6) is -0.197. The van der Waals surface area contributed by atoms with Crippen molar-refractivity contribution in [2.45, 2.75) is 29.8 Å². The fourth-order valence-corrected chi connectivity index (χ4v) is 5.28. The SMILES string of the molecule is NC(c1ccc(C(=O)Nc2ccncc2)cc1)C1CCCN1[S+]([O-])c1ccc(Cl)cc1. The quantitative estimate of drug-likeness (QED) is 0.545. The second-order valence-corrected chi connectivity index (χ2v) is 9.27. The average molecular weight is 455 g/mol. The number of aromatic nitrogens is 1. The van der Waals surface area contributed by atoms with E-state index in [1.807, 2.05) is 16.4 Å². The molecule has 3 atom stereocenters. The van der Waals surface area contributed by atoms with E-state index < -0.39 is 11.4 Å². The van der Waals surface area contributed by atoms with Gasteiger partial charge in [-0.25, -0.2) is 0 Å². The highest BCUT2D eigenvalue weighted by Gasteiger charge is 2.39. The summed E-state index contributed by atoms with van der Waals surface area (Å²) in [6.07, 6.45) is 5.05. The van der Waals surface area contributed by atoms with Crippen LogP contribution in [0.2, 0.25) is 5.02 Å². The largest absolute Gasteiger partial charge is 0.593 e. The van der Waals surface area contributed by atoms with Gasteiger partial charge in [0.2, 0.25) is 0 Å². The third kappa shape index (κ3) is 5.08. The number of hydrogen-bond acceptors (Lipinski definition) is 5. The lowest BCUT2D eigenvalue weighted by atomic mass is 9.98. The van der Waals surface area contributed by atoms with Crippen LogP contribution in [0.4, 0.5) is 5.69 Å². The summed E-state index contributed by atoms with van der Waals surface area (Å²) in [5.41, 5.74) is 8.71. The van der Waals surface area contributed by atoms with E-state index in [1.54, 1.807) is 60.9 Å². The van der Waals surface area contributed by atoms with Crippen molar-refractivity contribution in [2.75, 3.05) is 11.9 Å². The molecule has 1 amide bonds. The monoisotopic (exact) mass is 454 g/mol. The molecule has 2 heterocycles. The van der Waals surface area contributed by atoms with Gasteiger partial charge in [0.1, 0.15) is 0 Å². The average Bonchev–Trinajstić information content (AvgIpc) is 3.29. The molecule has 1 fully saturated rings. The maximum Gasteiger partial charge on any atom is 0.255 e. The van der Waals surface area contributed by atoms with Crippen LogP contribution in [0.1, 0.15) is 34.8 Å². The molecule has 3 N–H and O–H groups in total. The minimum absolute atomic E-state index is 0.0481. The Morgan fingerprint density at radius 2 is 1.81 bits per heavy atom. The smallest absolute Gasteiger partial charge is 0.255 e. The normalized spacial score (nSPS) is 18.5. The van der Waals surface area contributed by atoms with E-state index in [2.05, 4.69) is 10.3 Å². The van der Waals surface area contributed by atoms with E-state index in [0.29, 0.717) is 21.2 Å². The highest BCUT2D eigenvalue weighted by atomic mass is 35.5. The Hall–Kier alpha value is -2.42. The maximum absolute atomic E-state index is 13.1. The molecule has 4 rings (SSSR count). The molecular weight excluding hydrogens is 432 g/mol. The lowest BCUT2D eigenvalue weighted by Crippen LogP contribution is -2.42. The Morgan fingerprint density at radius 3 is 2.48 bits per heavy atom. The minimum Gasteiger partial charge on any atom is -0.593 e. The summed E-state index contributed by atoms with van der Waals surface area (Å²) in [6.45, 7) is 0.722. The second kappa shape index (κ2) is 9.80. The molecular formula is C23H23ClN4O2S. The fourth-order valence-electron chi connectivity index (χ4n) is 3.73. The predicted octanol–water partition coefficient (Wildman–Crippen LogP) is 4.17. The van der Waals surface area contributed by atoms with Crippen molar-refractivity contribution in [3.8, 4) is 0 Å². The van der Waals surface area contributed by atoms with Crippen LogP contribution in [0.3, 0.4) is 0 Å². The van der Waals surface area contributed by atoms with Crippen molar-refractivity contribution in [1.82, 2.24) is 9.29 Å². The van der Waals surface area contributed by atoms with E-state index in [1.165, 1.54) is 0 Å². The number of carbonyl (C=O) groups excluding carboxylic acids is 1. The molecule has 0 bridgehead atoms. The van der Waals surface area contributed by atoms with E-state index in [9.17, 15) is 9.35 Å². The lowest BCUT2D eigenvalue weighted by molar-refractivity contribution is 0.102. The van der Waals surface area contributed by atoms with Gasteiger partial charge in [-0.2, -0.15) is 0 Å². The number of halogens is 1. The van der Waals surface area contributed by atoms with Crippen molar-refractivity contribution in [2.24, 2.45) is 5.73 Å². The highest BCUT2D eigenvalue weighted by Crippen LogP contribution is 2.33. The number of benzene rings is 2. The summed E-state index contributed by atoms with van der Waals surface area (Å²) in [5, 5.41) is 3.45. The molecule has 8 heteroatoms. The van der Waals surface area contributed by atoms with Crippen molar-refractivity contribution >= 4 is 34.6 Å². The van der Waals surface area contributed by atoms with Gasteiger partial charge in [0.15, 0.2) is 4.90 Å². The van der Waals surface area contributed by atoms with Gasteiger partial charge in [-0.1, -0.05) is 23.7 Å². The standard InChI is InChI=1S/C23H23ClN4O2S/c24-18-7-9-20(10-8-18)31(30)28-15-1-2-21(28)22(25)16-3-5-17(6-4-16)23(29)27-19-11-13-26-14-12-19/h3-14,21-22H,1-2,15,25H2,(H,26,27,29). The number of nitrogens with two attached hydrogens (primary N) is 1. The van der Waals surface area contributed by atoms with Crippen LogP contribution in [0, 0.1) is 0 Å². The van der Waals surface area contributed by atoms with Gasteiger partial charge in [-0.3, -0.25) is 9.78 Å². The third-order valence-corrected chi connectivity index (χ3v) is 7.19. The third-order valence-electron chi connectivity index (χ3n) is 5.39. The zero-order valence-electron chi connectivity index (χ0n) is 16.8. The number of nitrogens with zero attached hydrogens (tertiary/aromatic N) is 2. The second-order valence-electron chi connectivity index (χ2n) is 7.39. The first kappa shape index (κ1) is 21.8. The Bertz CT molecular complexity index is 1020. The van der Waals surface area contributed by atoms with E-state index in [0.717, 1.165) is 24.9 Å². The molecule has 3 aromatic rings. The number of amides is 1. The first-order chi connectivity index (χ1) is 15.0. The van der Waals surface area contributed by atoms with Gasteiger partial charge in [0, 0.05) is 41.3 Å². The molecule has 160 valence electrons. The molecule has 31 heavy (non-hydrogen) atoms. The fraction of sp³-hybridized carbons (Fsp3) is 0.217. The summed E-state index contributed by atoms with van der Waals surface area (Å²) in [6, 6.07) is 17.4. The molecule has 0 aliphatic carbocycles. The first-order valence-corrected chi connectivity index (χ1v) is 11.5. The Labute approximate surface area is 189 Å². The van der Waals surface area contributed by atoms with Crippen molar-refractivity contribution in [1.29, 1.82) is 0 Å². The number of pyridine rings is 1. The van der Waals surface area contributed by atoms with Gasteiger partial charge in [-0.05, 0) is 66.9 Å². The van der Waals surface area contributed by atoms with Crippen LogP contribution in [-0.2, 0) is 11.4 Å². The van der Waals surface area contributed by atoms with Crippen LogP contribution in [-0.4, -0.2) is 32.3 Å². The zero-order chi connectivity index (χ0) is 21.8.